The van der Waals surface area contributed by atoms with Crippen molar-refractivity contribution in [3.05, 3.63) is 28.8 Å². The van der Waals surface area contributed by atoms with Crippen molar-refractivity contribution in [3.63, 3.8) is 0 Å². The van der Waals surface area contributed by atoms with Crippen molar-refractivity contribution in [2.45, 2.75) is 25.4 Å². The molecular weight excluding hydrogens is 354 g/mol. The summed E-state index contributed by atoms with van der Waals surface area (Å²) in [6.07, 6.45) is 0.609. The zero-order chi connectivity index (χ0) is 18.7. The Morgan fingerprint density at radius 2 is 2.04 bits per heavy atom. The van der Waals surface area contributed by atoms with Gasteiger partial charge in [0.1, 0.15) is 0 Å². The second-order valence-corrected chi connectivity index (χ2v) is 7.27. The van der Waals surface area contributed by atoms with Crippen molar-refractivity contribution in [3.8, 4) is 0 Å². The van der Waals surface area contributed by atoms with Crippen LogP contribution in [0, 0.1) is 6.92 Å². The van der Waals surface area contributed by atoms with Gasteiger partial charge in [-0.3, -0.25) is 9.59 Å². The van der Waals surface area contributed by atoms with Crippen LogP contribution in [-0.2, 0) is 9.59 Å². The lowest BCUT2D eigenvalue weighted by Gasteiger charge is -2.38. The second kappa shape index (κ2) is 8.24. The van der Waals surface area contributed by atoms with Gasteiger partial charge in [-0.05, 0) is 31.0 Å². The van der Waals surface area contributed by atoms with Crippen LogP contribution in [0.1, 0.15) is 12.0 Å². The molecule has 2 unspecified atom stereocenters. The van der Waals surface area contributed by atoms with E-state index >= 15 is 0 Å². The summed E-state index contributed by atoms with van der Waals surface area (Å²) in [5.74, 6) is -0.0765. The number of rotatable bonds is 4. The molecular formula is C18H26ClN5O2. The van der Waals surface area contributed by atoms with E-state index < -0.39 is 0 Å². The quantitative estimate of drug-likeness (QED) is 0.690. The maximum atomic E-state index is 12.8. The van der Waals surface area contributed by atoms with Crippen LogP contribution in [-0.4, -0.2) is 68.1 Å². The van der Waals surface area contributed by atoms with Gasteiger partial charge in [-0.25, -0.2) is 0 Å². The number of carbonyl (C=O) groups excluding carboxylic acids is 2. The van der Waals surface area contributed by atoms with E-state index in [0.717, 1.165) is 29.4 Å². The molecule has 0 spiro atoms. The fourth-order valence-corrected chi connectivity index (χ4v) is 3.82. The van der Waals surface area contributed by atoms with Gasteiger partial charge in [0.15, 0.2) is 0 Å². The zero-order valence-corrected chi connectivity index (χ0v) is 15.8. The van der Waals surface area contributed by atoms with E-state index in [-0.39, 0.29) is 30.4 Å². The average Bonchev–Trinajstić information content (AvgIpc) is 3.12. The number of amides is 2. The Balaban J connectivity index is 1.53. The van der Waals surface area contributed by atoms with E-state index in [9.17, 15) is 9.59 Å². The van der Waals surface area contributed by atoms with Crippen LogP contribution < -0.4 is 21.3 Å². The highest BCUT2D eigenvalue weighted by Gasteiger charge is 2.34. The minimum Gasteiger partial charge on any atom is -0.368 e. The molecule has 142 valence electrons. The molecule has 1 aromatic carbocycles. The number of nitrogens with zero attached hydrogens (tertiary/aromatic N) is 2. The summed E-state index contributed by atoms with van der Waals surface area (Å²) in [5.41, 5.74) is 7.53. The molecule has 3 rings (SSSR count). The fourth-order valence-electron chi connectivity index (χ4n) is 3.65. The predicted molar refractivity (Wildman–Crippen MR) is 102 cm³/mol. The molecule has 4 N–H and O–H groups in total. The first-order chi connectivity index (χ1) is 12.5. The molecule has 2 amide bonds. The third-order valence-corrected chi connectivity index (χ3v) is 5.56. The molecule has 1 aromatic rings. The van der Waals surface area contributed by atoms with Gasteiger partial charge in [-0.1, -0.05) is 17.7 Å². The summed E-state index contributed by atoms with van der Waals surface area (Å²) in [6.45, 7) is 5.53. The number of hydrogen-bond donors (Lipinski definition) is 3. The van der Waals surface area contributed by atoms with Crippen molar-refractivity contribution in [2.24, 2.45) is 5.73 Å². The summed E-state index contributed by atoms with van der Waals surface area (Å²) >= 11 is 6.22. The van der Waals surface area contributed by atoms with E-state index in [0.29, 0.717) is 26.1 Å². The molecule has 0 bridgehead atoms. The fraction of sp³-hybridized carbons (Fsp3) is 0.556. The molecule has 7 nitrogen and oxygen atoms in total. The molecule has 0 saturated carbocycles. The number of nitrogens with one attached hydrogen (secondary N) is 2. The van der Waals surface area contributed by atoms with Gasteiger partial charge in [-0.2, -0.15) is 0 Å². The molecule has 2 aliphatic heterocycles. The van der Waals surface area contributed by atoms with Crippen LogP contribution in [0.4, 0.5) is 5.69 Å². The van der Waals surface area contributed by atoms with Gasteiger partial charge < -0.3 is 26.2 Å². The first kappa shape index (κ1) is 18.9. The molecule has 2 aliphatic rings. The van der Waals surface area contributed by atoms with Gasteiger partial charge in [0.2, 0.25) is 11.8 Å². The van der Waals surface area contributed by atoms with Crippen molar-refractivity contribution in [1.29, 1.82) is 0 Å². The lowest BCUT2D eigenvalue weighted by molar-refractivity contribution is -0.133. The lowest BCUT2D eigenvalue weighted by atomic mass is 10.1. The highest BCUT2D eigenvalue weighted by molar-refractivity contribution is 6.31. The highest BCUT2D eigenvalue weighted by atomic mass is 35.5. The minimum absolute atomic E-state index is 0.0278. The average molecular weight is 380 g/mol. The summed E-state index contributed by atoms with van der Waals surface area (Å²) in [4.78, 5) is 28.3. The van der Waals surface area contributed by atoms with E-state index in [2.05, 4.69) is 21.6 Å². The summed E-state index contributed by atoms with van der Waals surface area (Å²) in [5, 5.41) is 6.82. The van der Waals surface area contributed by atoms with E-state index in [1.54, 1.807) is 0 Å². The zero-order valence-electron chi connectivity index (χ0n) is 15.0. The summed E-state index contributed by atoms with van der Waals surface area (Å²) in [6, 6.07) is 5.65. The normalized spacial score (nSPS) is 23.2. The number of piperazine rings is 1. The summed E-state index contributed by atoms with van der Waals surface area (Å²) < 4.78 is 0. The Kier molecular flexibility index (Phi) is 6.01. The minimum atomic E-state index is -0.238. The number of carbonyl (C=O) groups is 2. The summed E-state index contributed by atoms with van der Waals surface area (Å²) in [7, 11) is 0. The largest absolute Gasteiger partial charge is 0.368 e. The Morgan fingerprint density at radius 1 is 1.31 bits per heavy atom. The van der Waals surface area contributed by atoms with E-state index in [4.69, 9.17) is 17.3 Å². The van der Waals surface area contributed by atoms with Gasteiger partial charge in [0.25, 0.3) is 0 Å². The van der Waals surface area contributed by atoms with Crippen LogP contribution >= 0.6 is 11.6 Å². The van der Waals surface area contributed by atoms with Crippen molar-refractivity contribution < 1.29 is 9.59 Å². The van der Waals surface area contributed by atoms with Crippen molar-refractivity contribution in [2.75, 3.05) is 44.2 Å². The maximum absolute atomic E-state index is 12.8. The lowest BCUT2D eigenvalue weighted by Crippen LogP contribution is -2.53. The Labute approximate surface area is 158 Å². The van der Waals surface area contributed by atoms with Crippen LogP contribution in [0.5, 0.6) is 0 Å². The van der Waals surface area contributed by atoms with E-state index in [1.165, 1.54) is 0 Å². The first-order valence-corrected chi connectivity index (χ1v) is 9.39. The SMILES string of the molecule is Cc1c(Cl)cccc1N1CCN(C(=O)C2CC(NC(=O)CN)CN2)CC1. The molecule has 2 heterocycles. The van der Waals surface area contributed by atoms with E-state index in [1.807, 2.05) is 24.0 Å². The smallest absolute Gasteiger partial charge is 0.239 e. The number of nitrogens with two attached hydrogens (primary N) is 1. The molecule has 8 heteroatoms. The topological polar surface area (TPSA) is 90.7 Å². The Hall–Kier alpha value is -1.83. The Morgan fingerprint density at radius 3 is 2.73 bits per heavy atom. The Bertz CT molecular complexity index is 676. The van der Waals surface area contributed by atoms with Crippen molar-refractivity contribution >= 4 is 29.1 Å². The second-order valence-electron chi connectivity index (χ2n) is 6.86. The maximum Gasteiger partial charge on any atom is 0.239 e. The third-order valence-electron chi connectivity index (χ3n) is 5.15. The standard InChI is InChI=1S/C18H26ClN5O2/c1-12-14(19)3-2-4-16(12)23-5-7-24(8-6-23)18(26)15-9-13(11-21-15)22-17(25)10-20/h2-4,13,15,21H,5-11,20H2,1H3,(H,22,25). The molecule has 0 radical (unpaired) electrons. The first-order valence-electron chi connectivity index (χ1n) is 9.01. The molecule has 26 heavy (non-hydrogen) atoms. The van der Waals surface area contributed by atoms with Crippen LogP contribution in [0.15, 0.2) is 18.2 Å². The van der Waals surface area contributed by atoms with Crippen LogP contribution in [0.2, 0.25) is 5.02 Å². The predicted octanol–water partition coefficient (Wildman–Crippen LogP) is 0.102. The molecule has 2 atom stereocenters. The molecule has 0 aromatic heterocycles. The van der Waals surface area contributed by atoms with Gasteiger partial charge >= 0.3 is 0 Å². The van der Waals surface area contributed by atoms with Gasteiger partial charge in [0, 0.05) is 49.5 Å². The number of hydrogen-bond acceptors (Lipinski definition) is 5. The van der Waals surface area contributed by atoms with Gasteiger partial charge in [-0.15, -0.1) is 0 Å². The number of anilines is 1. The van der Waals surface area contributed by atoms with Crippen LogP contribution in [0.25, 0.3) is 0 Å². The monoisotopic (exact) mass is 379 g/mol. The molecule has 2 fully saturated rings. The molecule has 2 saturated heterocycles. The number of halogens is 1. The van der Waals surface area contributed by atoms with Gasteiger partial charge in [0.05, 0.1) is 12.6 Å². The highest BCUT2D eigenvalue weighted by Crippen LogP contribution is 2.27. The van der Waals surface area contributed by atoms with Crippen molar-refractivity contribution in [1.82, 2.24) is 15.5 Å². The third kappa shape index (κ3) is 4.11. The molecule has 0 aliphatic carbocycles. The van der Waals surface area contributed by atoms with Crippen LogP contribution in [0.3, 0.4) is 0 Å². The number of benzene rings is 1.